The van der Waals surface area contributed by atoms with Crippen LogP contribution in [0.1, 0.15) is 12.8 Å². The van der Waals surface area contributed by atoms with Crippen molar-refractivity contribution in [2.45, 2.75) is 18.4 Å². The highest BCUT2D eigenvalue weighted by molar-refractivity contribution is 5.66. The molecular weight excluding hydrogens is 258 g/mol. The van der Waals surface area contributed by atoms with Crippen LogP contribution in [-0.2, 0) is 4.74 Å². The van der Waals surface area contributed by atoms with Gasteiger partial charge >= 0.3 is 0 Å². The van der Waals surface area contributed by atoms with Crippen molar-refractivity contribution in [3.8, 4) is 0 Å². The second kappa shape index (κ2) is 5.26. The van der Waals surface area contributed by atoms with Gasteiger partial charge in [-0.1, -0.05) is 0 Å². The first-order valence-corrected chi connectivity index (χ1v) is 6.75. The minimum atomic E-state index is -0.385. The standard InChI is InChI=1S/C13H19N5O2/c1-14-10-8-18-5-4-15-12(18)11(16-10)17-13(9-19)2-6-20-7-3-13/h4-5,8,14,19H,2-3,6-7,9H2,1H3,(H,16,17). The summed E-state index contributed by atoms with van der Waals surface area (Å²) in [5.74, 6) is 1.43. The number of ether oxygens (including phenoxy) is 1. The molecule has 2 aromatic rings. The molecule has 0 saturated carbocycles. The molecule has 7 nitrogen and oxygen atoms in total. The van der Waals surface area contributed by atoms with Gasteiger partial charge in [0, 0.05) is 32.7 Å². The summed E-state index contributed by atoms with van der Waals surface area (Å²) in [6.07, 6.45) is 6.99. The molecule has 1 fully saturated rings. The molecule has 20 heavy (non-hydrogen) atoms. The van der Waals surface area contributed by atoms with Gasteiger partial charge in [0.1, 0.15) is 5.82 Å². The Labute approximate surface area is 117 Å². The van der Waals surface area contributed by atoms with Gasteiger partial charge in [0.2, 0.25) is 0 Å². The number of nitrogens with one attached hydrogen (secondary N) is 2. The van der Waals surface area contributed by atoms with E-state index < -0.39 is 0 Å². The zero-order valence-corrected chi connectivity index (χ0v) is 11.5. The third-order valence-corrected chi connectivity index (χ3v) is 3.77. The molecule has 3 N–H and O–H groups in total. The number of aliphatic hydroxyl groups excluding tert-OH is 1. The highest BCUT2D eigenvalue weighted by Gasteiger charge is 2.33. The molecule has 0 amide bonds. The topological polar surface area (TPSA) is 83.7 Å². The molecule has 2 aromatic heterocycles. The second-order valence-electron chi connectivity index (χ2n) is 5.06. The normalized spacial score (nSPS) is 18.1. The van der Waals surface area contributed by atoms with Crippen molar-refractivity contribution in [2.24, 2.45) is 0 Å². The number of aromatic nitrogens is 3. The van der Waals surface area contributed by atoms with Crippen molar-refractivity contribution in [3.05, 3.63) is 18.6 Å². The summed E-state index contributed by atoms with van der Waals surface area (Å²) in [4.78, 5) is 8.84. The molecule has 0 spiro atoms. The molecule has 0 radical (unpaired) electrons. The Hall–Kier alpha value is -1.86. The monoisotopic (exact) mass is 277 g/mol. The van der Waals surface area contributed by atoms with E-state index in [1.807, 2.05) is 23.8 Å². The summed E-state index contributed by atoms with van der Waals surface area (Å²) < 4.78 is 7.29. The van der Waals surface area contributed by atoms with Crippen LogP contribution in [0.15, 0.2) is 18.6 Å². The number of hydrogen-bond donors (Lipinski definition) is 3. The lowest BCUT2D eigenvalue weighted by atomic mass is 9.91. The van der Waals surface area contributed by atoms with E-state index in [2.05, 4.69) is 20.6 Å². The molecule has 0 aromatic carbocycles. The molecule has 0 bridgehead atoms. The van der Waals surface area contributed by atoms with Crippen LogP contribution in [0.4, 0.5) is 11.6 Å². The van der Waals surface area contributed by atoms with Gasteiger partial charge in [-0.2, -0.15) is 0 Å². The summed E-state index contributed by atoms with van der Waals surface area (Å²) >= 11 is 0. The Morgan fingerprint density at radius 3 is 2.95 bits per heavy atom. The van der Waals surface area contributed by atoms with Crippen LogP contribution >= 0.6 is 0 Å². The molecular formula is C13H19N5O2. The molecule has 7 heteroatoms. The molecule has 1 aliphatic heterocycles. The average Bonchev–Trinajstić information content (AvgIpc) is 2.96. The number of anilines is 2. The maximum Gasteiger partial charge on any atom is 0.180 e. The van der Waals surface area contributed by atoms with Crippen LogP contribution in [0.3, 0.4) is 0 Å². The number of hydrogen-bond acceptors (Lipinski definition) is 6. The Kier molecular flexibility index (Phi) is 3.45. The van der Waals surface area contributed by atoms with Crippen LogP contribution in [0, 0.1) is 0 Å². The van der Waals surface area contributed by atoms with Crippen molar-refractivity contribution in [2.75, 3.05) is 37.5 Å². The third-order valence-electron chi connectivity index (χ3n) is 3.77. The number of fused-ring (bicyclic) bond motifs is 1. The van der Waals surface area contributed by atoms with E-state index in [9.17, 15) is 5.11 Å². The minimum Gasteiger partial charge on any atom is -0.394 e. The van der Waals surface area contributed by atoms with Gasteiger partial charge < -0.3 is 24.9 Å². The van der Waals surface area contributed by atoms with Crippen molar-refractivity contribution in [1.29, 1.82) is 0 Å². The first-order chi connectivity index (χ1) is 9.76. The van der Waals surface area contributed by atoms with E-state index >= 15 is 0 Å². The van der Waals surface area contributed by atoms with Crippen LogP contribution in [0.2, 0.25) is 0 Å². The lowest BCUT2D eigenvalue weighted by Gasteiger charge is -2.36. The third kappa shape index (κ3) is 2.30. The van der Waals surface area contributed by atoms with Gasteiger partial charge in [0.15, 0.2) is 11.5 Å². The Bertz CT molecular complexity index is 591. The lowest BCUT2D eigenvalue weighted by Crippen LogP contribution is -2.47. The number of nitrogens with zero attached hydrogens (tertiary/aromatic N) is 3. The summed E-state index contributed by atoms with van der Waals surface area (Å²) in [5.41, 5.74) is 0.368. The van der Waals surface area contributed by atoms with Crippen molar-refractivity contribution >= 4 is 17.3 Å². The van der Waals surface area contributed by atoms with Crippen molar-refractivity contribution in [1.82, 2.24) is 14.4 Å². The van der Waals surface area contributed by atoms with Crippen LogP contribution in [0.25, 0.3) is 5.65 Å². The number of aliphatic hydroxyl groups is 1. The fraction of sp³-hybridized carbons (Fsp3) is 0.538. The summed E-state index contributed by atoms with van der Waals surface area (Å²) in [6, 6.07) is 0. The first kappa shape index (κ1) is 13.1. The molecule has 0 unspecified atom stereocenters. The van der Waals surface area contributed by atoms with Gasteiger partial charge in [0.05, 0.1) is 18.3 Å². The van der Waals surface area contributed by atoms with E-state index in [1.54, 1.807) is 6.20 Å². The van der Waals surface area contributed by atoms with Crippen molar-refractivity contribution < 1.29 is 9.84 Å². The maximum atomic E-state index is 9.76. The maximum absolute atomic E-state index is 9.76. The molecule has 1 aliphatic rings. The SMILES string of the molecule is CNc1cn2ccnc2c(NC2(CO)CCOCC2)n1. The Morgan fingerprint density at radius 1 is 1.45 bits per heavy atom. The Morgan fingerprint density at radius 2 is 2.25 bits per heavy atom. The van der Waals surface area contributed by atoms with E-state index in [-0.39, 0.29) is 12.1 Å². The second-order valence-corrected chi connectivity index (χ2v) is 5.06. The molecule has 1 saturated heterocycles. The van der Waals surface area contributed by atoms with Crippen LogP contribution < -0.4 is 10.6 Å². The fourth-order valence-electron chi connectivity index (χ4n) is 2.47. The number of imidazole rings is 1. The highest BCUT2D eigenvalue weighted by Crippen LogP contribution is 2.27. The molecule has 108 valence electrons. The van der Waals surface area contributed by atoms with Crippen LogP contribution in [-0.4, -0.2) is 51.9 Å². The predicted octanol–water partition coefficient (Wildman–Crippen LogP) is 0.724. The molecule has 3 rings (SSSR count). The highest BCUT2D eigenvalue weighted by atomic mass is 16.5. The largest absolute Gasteiger partial charge is 0.394 e. The van der Waals surface area contributed by atoms with Gasteiger partial charge in [-0.25, -0.2) is 9.97 Å². The number of rotatable bonds is 4. The minimum absolute atomic E-state index is 0.0503. The van der Waals surface area contributed by atoms with Crippen LogP contribution in [0.5, 0.6) is 0 Å². The fourth-order valence-corrected chi connectivity index (χ4v) is 2.47. The van der Waals surface area contributed by atoms with Crippen molar-refractivity contribution in [3.63, 3.8) is 0 Å². The summed E-state index contributed by atoms with van der Waals surface area (Å²) in [6.45, 7) is 1.34. The first-order valence-electron chi connectivity index (χ1n) is 6.75. The molecule has 3 heterocycles. The quantitative estimate of drug-likeness (QED) is 0.764. The summed E-state index contributed by atoms with van der Waals surface area (Å²) in [5, 5.41) is 16.2. The van der Waals surface area contributed by atoms with Gasteiger partial charge in [-0.3, -0.25) is 0 Å². The van der Waals surface area contributed by atoms with Gasteiger partial charge in [-0.05, 0) is 12.8 Å². The van der Waals surface area contributed by atoms with E-state index in [1.165, 1.54) is 0 Å². The van der Waals surface area contributed by atoms with Gasteiger partial charge in [-0.15, -0.1) is 0 Å². The molecule has 0 aliphatic carbocycles. The average molecular weight is 277 g/mol. The lowest BCUT2D eigenvalue weighted by molar-refractivity contribution is 0.0379. The Balaban J connectivity index is 1.98. The summed E-state index contributed by atoms with van der Waals surface area (Å²) in [7, 11) is 1.82. The van der Waals surface area contributed by atoms with Gasteiger partial charge in [0.25, 0.3) is 0 Å². The predicted molar refractivity (Wildman–Crippen MR) is 76.0 cm³/mol. The zero-order valence-electron chi connectivity index (χ0n) is 11.5. The van der Waals surface area contributed by atoms with E-state index in [0.717, 1.165) is 24.3 Å². The zero-order chi connectivity index (χ0) is 14.0. The smallest absolute Gasteiger partial charge is 0.180 e. The van der Waals surface area contributed by atoms with E-state index in [4.69, 9.17) is 4.74 Å². The van der Waals surface area contributed by atoms with E-state index in [0.29, 0.717) is 19.0 Å². The molecule has 0 atom stereocenters.